The van der Waals surface area contributed by atoms with Crippen molar-refractivity contribution in [3.8, 4) is 0 Å². The number of aliphatic imine (C=N–C) groups is 1. The number of allylic oxidation sites excluding steroid dienone is 2. The lowest BCUT2D eigenvalue weighted by molar-refractivity contribution is -0.125. The Morgan fingerprint density at radius 3 is 2.54 bits per heavy atom. The molecule has 3 aliphatic rings. The molecule has 202 valence electrons. The van der Waals surface area contributed by atoms with Gasteiger partial charge in [-0.25, -0.2) is 12.7 Å². The molecule has 4 rings (SSSR count). The summed E-state index contributed by atoms with van der Waals surface area (Å²) in [6, 6.07) is 5.81. The Kier molecular flexibility index (Phi) is 8.69. The number of rotatable bonds is 9. The highest BCUT2D eigenvalue weighted by Crippen LogP contribution is 2.36. The monoisotopic (exact) mass is 527 g/mol. The van der Waals surface area contributed by atoms with Gasteiger partial charge in [0.05, 0.1) is 5.75 Å². The molecule has 1 aromatic rings. The van der Waals surface area contributed by atoms with E-state index in [1.165, 1.54) is 16.3 Å². The number of piperidine rings is 1. The van der Waals surface area contributed by atoms with Gasteiger partial charge in [-0.3, -0.25) is 14.6 Å². The quantitative estimate of drug-likeness (QED) is 0.485. The Hall–Kier alpha value is -2.32. The third-order valence-corrected chi connectivity index (χ3v) is 10.0. The van der Waals surface area contributed by atoms with Crippen LogP contribution in [0.4, 0.5) is 0 Å². The van der Waals surface area contributed by atoms with Crippen LogP contribution in [-0.2, 0) is 32.5 Å². The Balaban J connectivity index is 1.33. The van der Waals surface area contributed by atoms with E-state index < -0.39 is 15.6 Å². The number of Topliss-reactive ketones (excluding diaryl/α,β-unsaturated/α-hetero) is 1. The molecule has 1 saturated carbocycles. The molecule has 1 aromatic carbocycles. The van der Waals surface area contributed by atoms with E-state index >= 15 is 0 Å². The van der Waals surface area contributed by atoms with Crippen LogP contribution in [0.3, 0.4) is 0 Å². The van der Waals surface area contributed by atoms with Crippen LogP contribution in [-0.4, -0.2) is 54.6 Å². The minimum absolute atomic E-state index is 0.0313. The SMILES string of the molecule is CCCC=C1CCC(C2=NC3(CCN(S(=O)(=O)CCc4ccc(CC(C)=O)cc4C)CC3)C(=O)N2)CC1. The van der Waals surface area contributed by atoms with E-state index in [0.717, 1.165) is 54.6 Å². The van der Waals surface area contributed by atoms with Crippen molar-refractivity contribution in [1.82, 2.24) is 9.62 Å². The molecular formula is C29H41N3O4S. The number of carbonyl (C=O) groups excluding carboxylic acids is 2. The minimum atomic E-state index is -3.45. The summed E-state index contributed by atoms with van der Waals surface area (Å²) in [5, 5.41) is 3.07. The van der Waals surface area contributed by atoms with Gasteiger partial charge in [-0.15, -0.1) is 0 Å². The lowest BCUT2D eigenvalue weighted by atomic mass is 9.84. The van der Waals surface area contributed by atoms with E-state index in [-0.39, 0.29) is 23.4 Å². The lowest BCUT2D eigenvalue weighted by Crippen LogP contribution is -2.51. The summed E-state index contributed by atoms with van der Waals surface area (Å²) in [7, 11) is -3.45. The maximum atomic E-state index is 13.1. The number of nitrogens with zero attached hydrogens (tertiary/aromatic N) is 2. The van der Waals surface area contributed by atoms with E-state index in [4.69, 9.17) is 4.99 Å². The third-order valence-electron chi connectivity index (χ3n) is 8.17. The summed E-state index contributed by atoms with van der Waals surface area (Å²) in [4.78, 5) is 29.3. The molecule has 0 unspecified atom stereocenters. The Morgan fingerprint density at radius 1 is 1.22 bits per heavy atom. The number of nitrogens with one attached hydrogen (secondary N) is 1. The first-order valence-corrected chi connectivity index (χ1v) is 15.4. The van der Waals surface area contributed by atoms with Crippen molar-refractivity contribution in [2.24, 2.45) is 10.9 Å². The summed E-state index contributed by atoms with van der Waals surface area (Å²) in [6.07, 6.45) is 10.5. The number of benzene rings is 1. The summed E-state index contributed by atoms with van der Waals surface area (Å²) < 4.78 is 27.8. The van der Waals surface area contributed by atoms with Gasteiger partial charge in [0.2, 0.25) is 10.0 Å². The van der Waals surface area contributed by atoms with E-state index in [0.29, 0.717) is 38.8 Å². The first kappa shape index (κ1) is 27.7. The summed E-state index contributed by atoms with van der Waals surface area (Å²) in [6.45, 7) is 6.35. The normalized spacial score (nSPS) is 22.1. The van der Waals surface area contributed by atoms with Crippen molar-refractivity contribution in [2.45, 2.75) is 90.5 Å². The molecule has 37 heavy (non-hydrogen) atoms. The van der Waals surface area contributed by atoms with Gasteiger partial charge >= 0.3 is 0 Å². The fourth-order valence-corrected chi connectivity index (χ4v) is 7.30. The van der Waals surface area contributed by atoms with Crippen LogP contribution >= 0.6 is 0 Å². The number of unbranched alkanes of at least 4 members (excludes halogenated alkanes) is 1. The smallest absolute Gasteiger partial charge is 0.253 e. The third kappa shape index (κ3) is 6.58. The Bertz CT molecular complexity index is 1180. The van der Waals surface area contributed by atoms with E-state index in [2.05, 4.69) is 18.3 Å². The zero-order chi connectivity index (χ0) is 26.6. The van der Waals surface area contributed by atoms with Crippen LogP contribution in [0.25, 0.3) is 0 Å². The number of ketones is 1. The molecule has 7 nitrogen and oxygen atoms in total. The van der Waals surface area contributed by atoms with Crippen molar-refractivity contribution < 1.29 is 18.0 Å². The topological polar surface area (TPSA) is 95.9 Å². The van der Waals surface area contributed by atoms with Gasteiger partial charge in [0.15, 0.2) is 0 Å². The van der Waals surface area contributed by atoms with Crippen molar-refractivity contribution in [3.05, 3.63) is 46.5 Å². The highest BCUT2D eigenvalue weighted by molar-refractivity contribution is 7.89. The van der Waals surface area contributed by atoms with Gasteiger partial charge in [-0.1, -0.05) is 43.2 Å². The first-order valence-electron chi connectivity index (χ1n) is 13.8. The summed E-state index contributed by atoms with van der Waals surface area (Å²) in [5.41, 5.74) is 3.65. The molecule has 2 fully saturated rings. The zero-order valence-electron chi connectivity index (χ0n) is 22.5. The molecule has 0 bridgehead atoms. The molecule has 8 heteroatoms. The molecule has 1 amide bonds. The standard InChI is InChI=1S/C29H41N3O4S/c1-4-5-6-23-7-11-26(12-8-23)27-30-28(34)29(31-27)14-16-32(17-15-29)37(35,36)18-13-25-10-9-24(19-21(25)2)20-22(3)33/h6,9-10,19,26H,4-5,7-8,11-18,20H2,1-3H3,(H,30,31,34). The van der Waals surface area contributed by atoms with E-state index in [9.17, 15) is 18.0 Å². The fraction of sp³-hybridized carbons (Fsp3) is 0.621. The number of sulfonamides is 1. The molecule has 2 aliphatic heterocycles. The fourth-order valence-electron chi connectivity index (χ4n) is 5.83. The largest absolute Gasteiger partial charge is 0.312 e. The minimum Gasteiger partial charge on any atom is -0.312 e. The lowest BCUT2D eigenvalue weighted by Gasteiger charge is -2.34. The van der Waals surface area contributed by atoms with Crippen molar-refractivity contribution in [1.29, 1.82) is 0 Å². The van der Waals surface area contributed by atoms with Crippen LogP contribution in [0.15, 0.2) is 34.8 Å². The summed E-state index contributed by atoms with van der Waals surface area (Å²) >= 11 is 0. The molecule has 1 spiro atoms. The average molecular weight is 528 g/mol. The Labute approximate surface area is 221 Å². The second kappa shape index (κ2) is 11.6. The Morgan fingerprint density at radius 2 is 1.92 bits per heavy atom. The molecule has 0 aromatic heterocycles. The average Bonchev–Trinajstić information content (AvgIpc) is 3.17. The number of hydrogen-bond donors (Lipinski definition) is 1. The second-order valence-electron chi connectivity index (χ2n) is 11.0. The number of amidine groups is 1. The second-order valence-corrected chi connectivity index (χ2v) is 13.1. The molecule has 0 atom stereocenters. The van der Waals surface area contributed by atoms with Gasteiger partial charge in [-0.2, -0.15) is 0 Å². The van der Waals surface area contributed by atoms with Gasteiger partial charge in [0.25, 0.3) is 5.91 Å². The van der Waals surface area contributed by atoms with Crippen LogP contribution in [0.2, 0.25) is 0 Å². The maximum absolute atomic E-state index is 13.1. The summed E-state index contributed by atoms with van der Waals surface area (Å²) in [5.74, 6) is 1.18. The molecule has 1 N–H and O–H groups in total. The van der Waals surface area contributed by atoms with Gasteiger partial charge in [-0.05, 0) is 81.9 Å². The number of carbonyl (C=O) groups is 2. The van der Waals surface area contributed by atoms with Crippen LogP contribution in [0, 0.1) is 12.8 Å². The van der Waals surface area contributed by atoms with Crippen molar-refractivity contribution in [3.63, 3.8) is 0 Å². The van der Waals surface area contributed by atoms with E-state index in [1.807, 2.05) is 25.1 Å². The first-order chi connectivity index (χ1) is 17.6. The van der Waals surface area contributed by atoms with Gasteiger partial charge in [0, 0.05) is 25.4 Å². The maximum Gasteiger partial charge on any atom is 0.253 e. The van der Waals surface area contributed by atoms with Crippen LogP contribution in [0.5, 0.6) is 0 Å². The highest BCUT2D eigenvalue weighted by Gasteiger charge is 2.48. The number of hydrogen-bond acceptors (Lipinski definition) is 5. The van der Waals surface area contributed by atoms with Crippen LogP contribution < -0.4 is 5.32 Å². The predicted octanol–water partition coefficient (Wildman–Crippen LogP) is 4.28. The molecule has 0 radical (unpaired) electrons. The number of amides is 1. The molecule has 2 heterocycles. The molecule has 1 saturated heterocycles. The van der Waals surface area contributed by atoms with Crippen molar-refractivity contribution in [2.75, 3.05) is 18.8 Å². The number of aryl methyl sites for hydroxylation is 2. The van der Waals surface area contributed by atoms with Gasteiger partial charge < -0.3 is 5.32 Å². The van der Waals surface area contributed by atoms with Gasteiger partial charge in [0.1, 0.15) is 17.2 Å². The van der Waals surface area contributed by atoms with Crippen molar-refractivity contribution >= 4 is 27.5 Å². The van der Waals surface area contributed by atoms with Crippen LogP contribution in [0.1, 0.15) is 81.9 Å². The molecule has 1 aliphatic carbocycles. The molecular weight excluding hydrogens is 486 g/mol. The zero-order valence-corrected chi connectivity index (χ0v) is 23.3. The highest BCUT2D eigenvalue weighted by atomic mass is 32.2. The van der Waals surface area contributed by atoms with E-state index in [1.54, 1.807) is 6.92 Å². The predicted molar refractivity (Wildman–Crippen MR) is 147 cm³/mol.